The molecule has 1 aromatic rings. The predicted molar refractivity (Wildman–Crippen MR) is 77.1 cm³/mol. The molecule has 5 heteroatoms. The molecule has 21 heavy (non-hydrogen) atoms. The molecular formula is C16H19ClO4. The molecule has 0 aliphatic carbocycles. The normalized spacial score (nSPS) is 43.8. The van der Waals surface area contributed by atoms with Crippen LogP contribution in [0.3, 0.4) is 0 Å². The Labute approximate surface area is 129 Å². The molecular weight excluding hydrogens is 292 g/mol. The molecule has 1 unspecified atom stereocenters. The third-order valence-corrected chi connectivity index (χ3v) is 4.96. The van der Waals surface area contributed by atoms with Crippen LogP contribution in [0.15, 0.2) is 24.3 Å². The Balaban J connectivity index is 1.62. The van der Waals surface area contributed by atoms with Crippen molar-refractivity contribution in [2.75, 3.05) is 0 Å². The third-order valence-electron chi connectivity index (χ3n) is 4.71. The van der Waals surface area contributed by atoms with Crippen LogP contribution >= 0.6 is 11.6 Å². The minimum Gasteiger partial charge on any atom is -0.385 e. The molecule has 1 aromatic carbocycles. The van der Waals surface area contributed by atoms with Crippen LogP contribution in [0.25, 0.3) is 0 Å². The summed E-state index contributed by atoms with van der Waals surface area (Å²) < 4.78 is 17.9. The van der Waals surface area contributed by atoms with Crippen LogP contribution in [0.4, 0.5) is 0 Å². The highest BCUT2D eigenvalue weighted by molar-refractivity contribution is 6.30. The van der Waals surface area contributed by atoms with Gasteiger partial charge in [0.1, 0.15) is 12.2 Å². The van der Waals surface area contributed by atoms with Gasteiger partial charge in [-0.15, -0.1) is 0 Å². The van der Waals surface area contributed by atoms with Gasteiger partial charge in [0.15, 0.2) is 5.79 Å². The number of rotatable bonds is 1. The van der Waals surface area contributed by atoms with Crippen molar-refractivity contribution in [3.63, 3.8) is 0 Å². The molecule has 0 saturated carbocycles. The highest BCUT2D eigenvalue weighted by atomic mass is 35.5. The summed E-state index contributed by atoms with van der Waals surface area (Å²) in [6.45, 7) is 3.85. The summed E-state index contributed by atoms with van der Waals surface area (Å²) in [7, 11) is 0. The zero-order valence-electron chi connectivity index (χ0n) is 12.1. The second-order valence-electron chi connectivity index (χ2n) is 6.72. The molecule has 0 amide bonds. The molecule has 0 aromatic heterocycles. The van der Waals surface area contributed by atoms with E-state index in [-0.39, 0.29) is 24.4 Å². The highest BCUT2D eigenvalue weighted by Gasteiger charge is 2.60. The molecule has 1 N–H and O–H groups in total. The fraction of sp³-hybridized carbons (Fsp3) is 0.625. The third kappa shape index (κ3) is 2.21. The molecule has 3 aliphatic heterocycles. The topological polar surface area (TPSA) is 47.9 Å². The number of halogens is 1. The largest absolute Gasteiger partial charge is 0.385 e. The first-order valence-electron chi connectivity index (χ1n) is 7.36. The van der Waals surface area contributed by atoms with Gasteiger partial charge in [-0.1, -0.05) is 23.7 Å². The lowest BCUT2D eigenvalue weighted by Crippen LogP contribution is -2.42. The summed E-state index contributed by atoms with van der Waals surface area (Å²) >= 11 is 5.93. The summed E-state index contributed by atoms with van der Waals surface area (Å²) in [4.78, 5) is 0. The quantitative estimate of drug-likeness (QED) is 0.866. The van der Waals surface area contributed by atoms with E-state index in [0.29, 0.717) is 17.9 Å². The van der Waals surface area contributed by atoms with E-state index >= 15 is 0 Å². The lowest BCUT2D eigenvalue weighted by Gasteiger charge is -2.38. The monoisotopic (exact) mass is 310 g/mol. The number of benzene rings is 1. The van der Waals surface area contributed by atoms with Gasteiger partial charge in [-0.25, -0.2) is 0 Å². The molecule has 0 spiro atoms. The lowest BCUT2D eigenvalue weighted by atomic mass is 9.83. The Kier molecular flexibility index (Phi) is 2.95. The molecule has 114 valence electrons. The van der Waals surface area contributed by atoms with Crippen molar-refractivity contribution in [3.8, 4) is 0 Å². The van der Waals surface area contributed by atoms with Crippen LogP contribution in [0, 0.1) is 0 Å². The zero-order valence-corrected chi connectivity index (χ0v) is 12.8. The minimum absolute atomic E-state index is 0.0914. The smallest absolute Gasteiger partial charge is 0.164 e. The molecule has 2 bridgehead atoms. The number of fused-ring (bicyclic) bond motifs is 5. The maximum absolute atomic E-state index is 11.1. The van der Waals surface area contributed by atoms with Gasteiger partial charge in [0.2, 0.25) is 0 Å². The zero-order chi connectivity index (χ0) is 14.8. The fourth-order valence-electron chi connectivity index (χ4n) is 3.84. The van der Waals surface area contributed by atoms with Crippen molar-refractivity contribution < 1.29 is 19.3 Å². The first kappa shape index (κ1) is 14.0. The number of aliphatic hydroxyl groups is 1. The van der Waals surface area contributed by atoms with E-state index in [0.717, 1.165) is 5.56 Å². The Morgan fingerprint density at radius 2 is 1.57 bits per heavy atom. The van der Waals surface area contributed by atoms with Crippen LogP contribution < -0.4 is 0 Å². The van der Waals surface area contributed by atoms with E-state index in [1.807, 2.05) is 38.1 Å². The minimum atomic E-state index is -0.903. The van der Waals surface area contributed by atoms with Gasteiger partial charge < -0.3 is 19.3 Å². The van der Waals surface area contributed by atoms with E-state index in [9.17, 15) is 5.11 Å². The second kappa shape index (κ2) is 4.43. The first-order valence-corrected chi connectivity index (χ1v) is 7.74. The van der Waals surface area contributed by atoms with Crippen LogP contribution in [-0.4, -0.2) is 35.3 Å². The lowest BCUT2D eigenvalue weighted by molar-refractivity contribution is -0.215. The van der Waals surface area contributed by atoms with Crippen LogP contribution in [0.5, 0.6) is 0 Å². The maximum atomic E-state index is 11.1. The van der Waals surface area contributed by atoms with E-state index in [1.54, 1.807) is 0 Å². The van der Waals surface area contributed by atoms with E-state index < -0.39 is 11.4 Å². The van der Waals surface area contributed by atoms with Crippen LogP contribution in [-0.2, 0) is 19.8 Å². The summed E-state index contributed by atoms with van der Waals surface area (Å²) in [6, 6.07) is 7.38. The van der Waals surface area contributed by atoms with Gasteiger partial charge in [0.05, 0.1) is 17.8 Å². The van der Waals surface area contributed by atoms with Gasteiger partial charge in [0.25, 0.3) is 0 Å². The average Bonchev–Trinajstić information content (AvgIpc) is 2.84. The number of hydrogen-bond donors (Lipinski definition) is 1. The van der Waals surface area contributed by atoms with E-state index in [4.69, 9.17) is 25.8 Å². The van der Waals surface area contributed by atoms with E-state index in [1.165, 1.54) is 0 Å². The maximum Gasteiger partial charge on any atom is 0.164 e. The molecule has 3 saturated heterocycles. The Hall–Kier alpha value is -0.650. The van der Waals surface area contributed by atoms with Gasteiger partial charge in [-0.2, -0.15) is 0 Å². The van der Waals surface area contributed by atoms with Gasteiger partial charge >= 0.3 is 0 Å². The summed E-state index contributed by atoms with van der Waals surface area (Å²) in [5.74, 6) is -0.564. The van der Waals surface area contributed by atoms with E-state index in [2.05, 4.69) is 0 Å². The Morgan fingerprint density at radius 1 is 1.05 bits per heavy atom. The number of hydrogen-bond acceptors (Lipinski definition) is 4. The van der Waals surface area contributed by atoms with Gasteiger partial charge in [-0.3, -0.25) is 0 Å². The molecule has 4 rings (SSSR count). The molecule has 3 aliphatic rings. The van der Waals surface area contributed by atoms with Crippen LogP contribution in [0.1, 0.15) is 32.3 Å². The van der Waals surface area contributed by atoms with Crippen molar-refractivity contribution in [2.24, 2.45) is 0 Å². The summed E-state index contributed by atoms with van der Waals surface area (Å²) in [5.41, 5.74) is -0.0243. The predicted octanol–water partition coefficient (Wildman–Crippen LogP) is 2.61. The van der Waals surface area contributed by atoms with Crippen molar-refractivity contribution in [2.45, 2.75) is 62.5 Å². The number of ether oxygens (including phenoxy) is 3. The SMILES string of the molecule is CC1(C)O[C@@H]2[C@H](O1)[C@H]1CC(O)(c3ccc(Cl)cc3)C[C@@H]2O1. The molecule has 0 radical (unpaired) electrons. The molecule has 5 atom stereocenters. The standard InChI is InChI=1S/C16H19ClO4/c1-15(2)20-13-11-7-16(18,8-12(19-11)14(13)21-15)9-3-5-10(17)6-4-9/h3-6,11-14,18H,7-8H2,1-2H3/t11-,12+,13-,14+,16?. The Bertz CT molecular complexity index is 534. The Morgan fingerprint density at radius 3 is 2.10 bits per heavy atom. The molecule has 3 heterocycles. The van der Waals surface area contributed by atoms with Gasteiger partial charge in [-0.05, 0) is 31.5 Å². The second-order valence-corrected chi connectivity index (χ2v) is 7.16. The van der Waals surface area contributed by atoms with Gasteiger partial charge in [0, 0.05) is 17.9 Å². The van der Waals surface area contributed by atoms with Crippen molar-refractivity contribution in [1.82, 2.24) is 0 Å². The van der Waals surface area contributed by atoms with Crippen molar-refractivity contribution in [1.29, 1.82) is 0 Å². The van der Waals surface area contributed by atoms with Crippen LogP contribution in [0.2, 0.25) is 5.02 Å². The fourth-order valence-corrected chi connectivity index (χ4v) is 3.97. The summed E-state index contributed by atoms with van der Waals surface area (Å²) in [5, 5.41) is 11.7. The first-order chi connectivity index (χ1) is 9.86. The van der Waals surface area contributed by atoms with Crippen molar-refractivity contribution >= 4 is 11.6 Å². The highest BCUT2D eigenvalue weighted by Crippen LogP contribution is 2.50. The molecule has 3 fully saturated rings. The molecule has 4 nitrogen and oxygen atoms in total. The van der Waals surface area contributed by atoms with Crippen molar-refractivity contribution in [3.05, 3.63) is 34.9 Å². The summed E-state index contributed by atoms with van der Waals surface area (Å²) in [6.07, 6.45) is 0.599. The average molecular weight is 311 g/mol.